The highest BCUT2D eigenvalue weighted by atomic mass is 14.9. The van der Waals surface area contributed by atoms with E-state index in [1.165, 1.54) is 53.7 Å². The molecule has 1 nitrogen and oxygen atoms in total. The summed E-state index contributed by atoms with van der Waals surface area (Å²) in [6.07, 6.45) is 18.0. The van der Waals surface area contributed by atoms with Gasteiger partial charge in [-0.25, -0.2) is 0 Å². The van der Waals surface area contributed by atoms with Crippen molar-refractivity contribution in [2.24, 2.45) is 17.8 Å². The van der Waals surface area contributed by atoms with Crippen LogP contribution in [0.3, 0.4) is 0 Å². The summed E-state index contributed by atoms with van der Waals surface area (Å²) in [5, 5.41) is 3.57. The number of allylic oxidation sites excluding steroid dienone is 13. The van der Waals surface area contributed by atoms with Crippen LogP contribution in [0.4, 0.5) is 0 Å². The minimum atomic E-state index is 0.682. The smallest absolute Gasteiger partial charge is 0.0119 e. The summed E-state index contributed by atoms with van der Waals surface area (Å²) in [7, 11) is 0. The lowest BCUT2D eigenvalue weighted by atomic mass is 9.99. The van der Waals surface area contributed by atoms with Crippen molar-refractivity contribution in [2.75, 3.05) is 0 Å². The molecule has 0 heterocycles. The van der Waals surface area contributed by atoms with Crippen LogP contribution in [0.1, 0.15) is 88.0 Å². The van der Waals surface area contributed by atoms with Crippen LogP contribution in [-0.2, 0) is 0 Å². The fraction of sp³-hybridized carbons (Fsp3) is 0.500. The molecule has 0 bridgehead atoms. The minimum absolute atomic E-state index is 0.682. The fourth-order valence-electron chi connectivity index (χ4n) is 4.67. The number of rotatable bonds is 9. The molecular weight excluding hydrogens is 398 g/mol. The van der Waals surface area contributed by atoms with Gasteiger partial charge in [0.1, 0.15) is 0 Å². The molecule has 0 saturated heterocycles. The van der Waals surface area contributed by atoms with E-state index in [9.17, 15) is 0 Å². The Morgan fingerprint density at radius 3 is 1.82 bits per heavy atom. The predicted octanol–water partition coefficient (Wildman–Crippen LogP) is 10.0. The van der Waals surface area contributed by atoms with Gasteiger partial charge in [0, 0.05) is 17.3 Å². The summed E-state index contributed by atoms with van der Waals surface area (Å²) >= 11 is 0. The highest BCUT2D eigenvalue weighted by molar-refractivity contribution is 5.49. The van der Waals surface area contributed by atoms with Crippen molar-refractivity contribution in [3.63, 3.8) is 0 Å². The summed E-state index contributed by atoms with van der Waals surface area (Å²) in [6.45, 7) is 30.9. The lowest BCUT2D eigenvalue weighted by molar-refractivity contribution is 0.480. The Labute approximate surface area is 206 Å². The monoisotopic (exact) mass is 449 g/mol. The third-order valence-electron chi connectivity index (χ3n) is 6.09. The van der Waals surface area contributed by atoms with Gasteiger partial charge in [0.25, 0.3) is 0 Å². The van der Waals surface area contributed by atoms with Crippen LogP contribution in [0.5, 0.6) is 0 Å². The lowest BCUT2D eigenvalue weighted by Crippen LogP contribution is -2.12. The normalized spacial score (nSPS) is 22.7. The molecule has 0 aliphatic heterocycles. The Kier molecular flexibility index (Phi) is 15.2. The van der Waals surface area contributed by atoms with Crippen molar-refractivity contribution >= 4 is 0 Å². The first-order chi connectivity index (χ1) is 15.8. The maximum Gasteiger partial charge on any atom is 0.0119 e. The van der Waals surface area contributed by atoms with Crippen molar-refractivity contribution < 1.29 is 0 Å². The van der Waals surface area contributed by atoms with Gasteiger partial charge in [0.05, 0.1) is 0 Å². The summed E-state index contributed by atoms with van der Waals surface area (Å²) < 4.78 is 0. The van der Waals surface area contributed by atoms with Gasteiger partial charge in [-0.1, -0.05) is 96.2 Å². The van der Waals surface area contributed by atoms with E-state index < -0.39 is 0 Å². The largest absolute Gasteiger partial charge is 0.363 e. The molecule has 2 fully saturated rings. The van der Waals surface area contributed by atoms with E-state index >= 15 is 0 Å². The second-order valence-corrected chi connectivity index (χ2v) is 8.86. The molecule has 2 aliphatic carbocycles. The zero-order chi connectivity index (χ0) is 25.6. The minimum Gasteiger partial charge on any atom is -0.363 e. The van der Waals surface area contributed by atoms with Gasteiger partial charge in [-0.15, -0.1) is 0 Å². The molecule has 0 aromatic carbocycles. The van der Waals surface area contributed by atoms with Gasteiger partial charge in [-0.3, -0.25) is 0 Å². The zero-order valence-corrected chi connectivity index (χ0v) is 23.1. The Balaban J connectivity index is 0.00000242. The van der Waals surface area contributed by atoms with Crippen molar-refractivity contribution in [1.29, 1.82) is 0 Å². The van der Waals surface area contributed by atoms with E-state index in [0.717, 1.165) is 23.1 Å². The highest BCUT2D eigenvalue weighted by Gasteiger charge is 2.51. The molecule has 2 rings (SSSR count). The van der Waals surface area contributed by atoms with Crippen LogP contribution in [0.2, 0.25) is 0 Å². The molecule has 2 aliphatic rings. The first-order valence-electron chi connectivity index (χ1n) is 12.9. The van der Waals surface area contributed by atoms with Gasteiger partial charge < -0.3 is 5.32 Å². The van der Waals surface area contributed by atoms with Crippen LogP contribution in [-0.4, -0.2) is 0 Å². The van der Waals surface area contributed by atoms with Crippen molar-refractivity contribution in [3.8, 4) is 0 Å². The maximum atomic E-state index is 4.35. The molecule has 33 heavy (non-hydrogen) atoms. The van der Waals surface area contributed by atoms with Gasteiger partial charge in [0.2, 0.25) is 0 Å². The molecule has 2 atom stereocenters. The molecule has 2 saturated carbocycles. The van der Waals surface area contributed by atoms with E-state index in [0.29, 0.717) is 5.92 Å². The van der Waals surface area contributed by atoms with E-state index in [4.69, 9.17) is 0 Å². The number of fused-ring (bicyclic) bond motifs is 1. The average Bonchev–Trinajstić information content (AvgIpc) is 3.54. The SMILES string of the molecule is C=C/C=C(C=C(C)C)/C(C)=C/C(C=C)=C(C)/C=C(\C)NC(=C)C1C2CCCCC21.CC.CC. The van der Waals surface area contributed by atoms with Crippen LogP contribution < -0.4 is 5.32 Å². The lowest BCUT2D eigenvalue weighted by Gasteiger charge is -2.11. The Bertz CT molecular complexity index is 793. The number of hydrogen-bond donors (Lipinski definition) is 1. The molecule has 2 unspecified atom stereocenters. The molecule has 0 amide bonds. The summed E-state index contributed by atoms with van der Waals surface area (Å²) in [5.41, 5.74) is 8.32. The van der Waals surface area contributed by atoms with Gasteiger partial charge in [0.15, 0.2) is 0 Å². The Morgan fingerprint density at radius 1 is 0.818 bits per heavy atom. The molecule has 0 aromatic rings. The third kappa shape index (κ3) is 10.0. The Hall–Kier alpha value is -2.28. The number of nitrogens with one attached hydrogen (secondary N) is 1. The molecule has 1 N–H and O–H groups in total. The quantitative estimate of drug-likeness (QED) is 0.345. The fourth-order valence-corrected chi connectivity index (χ4v) is 4.67. The van der Waals surface area contributed by atoms with Crippen LogP contribution in [0.25, 0.3) is 0 Å². The van der Waals surface area contributed by atoms with Gasteiger partial charge >= 0.3 is 0 Å². The standard InChI is InChI=1S/C28H39N.2C2H6/c1-9-13-25(16-19(3)4)21(6)18-24(10-2)20(5)17-22(7)29-23(8)28-26-14-11-12-15-27(26)28;2*1-2/h9-10,13,16-18,26-29H,1-2,8,11-12,14-15H2,3-7H3;2*1-2H3/b21-18+,22-17+,24-20+,25-13+;;. The summed E-state index contributed by atoms with van der Waals surface area (Å²) in [6, 6.07) is 0. The van der Waals surface area contributed by atoms with Gasteiger partial charge in [-0.05, 0) is 87.7 Å². The first kappa shape index (κ1) is 30.7. The highest BCUT2D eigenvalue weighted by Crippen LogP contribution is 2.57. The van der Waals surface area contributed by atoms with E-state index in [-0.39, 0.29) is 0 Å². The van der Waals surface area contributed by atoms with Gasteiger partial charge in [-0.2, -0.15) is 0 Å². The van der Waals surface area contributed by atoms with Crippen LogP contribution in [0.15, 0.2) is 95.5 Å². The number of hydrogen-bond acceptors (Lipinski definition) is 1. The summed E-state index contributed by atoms with van der Waals surface area (Å²) in [5.74, 6) is 2.45. The molecular formula is C32H51N. The molecule has 1 heteroatoms. The molecule has 184 valence electrons. The second kappa shape index (κ2) is 16.4. The second-order valence-electron chi connectivity index (χ2n) is 8.86. The van der Waals surface area contributed by atoms with Crippen molar-refractivity contribution in [3.05, 3.63) is 95.5 Å². The maximum absolute atomic E-state index is 4.35. The molecule has 0 radical (unpaired) electrons. The first-order valence-corrected chi connectivity index (χ1v) is 12.9. The van der Waals surface area contributed by atoms with Crippen LogP contribution >= 0.6 is 0 Å². The zero-order valence-electron chi connectivity index (χ0n) is 23.1. The third-order valence-corrected chi connectivity index (χ3v) is 6.09. The Morgan fingerprint density at radius 2 is 1.36 bits per heavy atom. The topological polar surface area (TPSA) is 12.0 Å². The average molecular weight is 450 g/mol. The summed E-state index contributed by atoms with van der Waals surface area (Å²) in [4.78, 5) is 0. The van der Waals surface area contributed by atoms with Crippen molar-refractivity contribution in [1.82, 2.24) is 5.32 Å². The van der Waals surface area contributed by atoms with E-state index in [2.05, 4.69) is 84.0 Å². The van der Waals surface area contributed by atoms with Crippen molar-refractivity contribution in [2.45, 2.75) is 88.0 Å². The van der Waals surface area contributed by atoms with E-state index in [1.807, 2.05) is 39.8 Å². The predicted molar refractivity (Wildman–Crippen MR) is 152 cm³/mol. The molecule has 0 aromatic heterocycles. The van der Waals surface area contributed by atoms with E-state index in [1.54, 1.807) is 0 Å². The van der Waals surface area contributed by atoms with Crippen LogP contribution in [0, 0.1) is 17.8 Å². The molecule has 0 spiro atoms.